The normalized spacial score (nSPS) is 10.7. The fourth-order valence-electron chi connectivity index (χ4n) is 3.06. The van der Waals surface area contributed by atoms with Gasteiger partial charge in [-0.3, -0.25) is 9.59 Å². The van der Waals surface area contributed by atoms with E-state index in [2.05, 4.69) is 20.6 Å². The van der Waals surface area contributed by atoms with Crippen molar-refractivity contribution in [1.82, 2.24) is 9.97 Å². The topological polar surface area (TPSA) is 93.2 Å². The smallest absolute Gasteiger partial charge is 0.256 e. The van der Waals surface area contributed by atoms with Gasteiger partial charge >= 0.3 is 0 Å². The second-order valence-electron chi connectivity index (χ2n) is 7.29. The summed E-state index contributed by atoms with van der Waals surface area (Å²) in [6.07, 6.45) is 4.73. The SMILES string of the molecule is Cc1nc(COc2cccc(C=CC(=O)Nc3cccc(C(=O)Nc4ccccn4)c3)c2)cs1. The number of carbonyl (C=O) groups excluding carboxylic acids is 2. The second kappa shape index (κ2) is 11.0. The van der Waals surface area contributed by atoms with Gasteiger partial charge in [0, 0.05) is 28.9 Å². The lowest BCUT2D eigenvalue weighted by atomic mass is 10.1. The number of carbonyl (C=O) groups is 2. The molecule has 0 saturated carbocycles. The van der Waals surface area contributed by atoms with Crippen molar-refractivity contribution >= 4 is 40.7 Å². The molecule has 0 unspecified atom stereocenters. The fraction of sp³-hybridized carbons (Fsp3) is 0.0769. The number of hydrogen-bond donors (Lipinski definition) is 2. The molecule has 0 aliphatic rings. The molecule has 0 atom stereocenters. The van der Waals surface area contributed by atoms with E-state index in [1.807, 2.05) is 36.6 Å². The molecule has 34 heavy (non-hydrogen) atoms. The number of benzene rings is 2. The number of thiazole rings is 1. The van der Waals surface area contributed by atoms with Crippen LogP contribution >= 0.6 is 11.3 Å². The van der Waals surface area contributed by atoms with Crippen molar-refractivity contribution in [3.8, 4) is 5.75 Å². The molecule has 170 valence electrons. The van der Waals surface area contributed by atoms with Crippen molar-refractivity contribution in [2.75, 3.05) is 10.6 Å². The molecule has 2 aromatic heterocycles. The van der Waals surface area contributed by atoms with Crippen LogP contribution in [0.25, 0.3) is 6.08 Å². The first-order chi connectivity index (χ1) is 16.5. The number of amides is 2. The summed E-state index contributed by atoms with van der Waals surface area (Å²) < 4.78 is 5.79. The zero-order chi connectivity index (χ0) is 23.8. The van der Waals surface area contributed by atoms with E-state index in [0.29, 0.717) is 29.4 Å². The summed E-state index contributed by atoms with van der Waals surface area (Å²) in [5.41, 5.74) is 2.64. The van der Waals surface area contributed by atoms with Crippen LogP contribution in [0.2, 0.25) is 0 Å². The maximum Gasteiger partial charge on any atom is 0.256 e. The van der Waals surface area contributed by atoms with Crippen LogP contribution < -0.4 is 15.4 Å². The Morgan fingerprint density at radius 2 is 1.91 bits per heavy atom. The molecule has 7 nitrogen and oxygen atoms in total. The molecular weight excluding hydrogens is 448 g/mol. The summed E-state index contributed by atoms with van der Waals surface area (Å²) in [7, 11) is 0. The summed E-state index contributed by atoms with van der Waals surface area (Å²) in [6, 6.07) is 19.4. The Hall–Kier alpha value is -4.30. The summed E-state index contributed by atoms with van der Waals surface area (Å²) >= 11 is 1.59. The molecule has 4 rings (SSSR count). The quantitative estimate of drug-likeness (QED) is 0.340. The highest BCUT2D eigenvalue weighted by Crippen LogP contribution is 2.18. The summed E-state index contributed by atoms with van der Waals surface area (Å²) in [5, 5.41) is 8.47. The highest BCUT2D eigenvalue weighted by Gasteiger charge is 2.08. The van der Waals surface area contributed by atoms with Crippen LogP contribution in [0, 0.1) is 6.92 Å². The average Bonchev–Trinajstić information content (AvgIpc) is 3.27. The molecule has 0 saturated heterocycles. The lowest BCUT2D eigenvalue weighted by Crippen LogP contribution is -2.14. The molecule has 2 heterocycles. The molecule has 0 spiro atoms. The van der Waals surface area contributed by atoms with Crippen LogP contribution in [0.15, 0.2) is 84.4 Å². The Kier molecular flexibility index (Phi) is 7.42. The number of ether oxygens (including phenoxy) is 1. The molecule has 0 aliphatic carbocycles. The van der Waals surface area contributed by atoms with Crippen molar-refractivity contribution in [2.45, 2.75) is 13.5 Å². The van der Waals surface area contributed by atoms with E-state index in [1.165, 1.54) is 6.08 Å². The standard InChI is InChI=1S/C26H22N4O3S/c1-18-28-22(17-34-18)16-33-23-9-4-6-19(14-23)11-12-25(31)29-21-8-5-7-20(15-21)26(32)30-24-10-2-3-13-27-24/h2-15,17H,16H2,1H3,(H,29,31)(H,27,30,32). The van der Waals surface area contributed by atoms with Crippen molar-refractivity contribution in [2.24, 2.45) is 0 Å². The van der Waals surface area contributed by atoms with Gasteiger partial charge in [-0.2, -0.15) is 0 Å². The molecule has 0 fully saturated rings. The summed E-state index contributed by atoms with van der Waals surface area (Å²) in [4.78, 5) is 33.3. The number of nitrogens with zero attached hydrogens (tertiary/aromatic N) is 2. The number of hydrogen-bond acceptors (Lipinski definition) is 6. The van der Waals surface area contributed by atoms with E-state index < -0.39 is 0 Å². The van der Waals surface area contributed by atoms with Gasteiger partial charge in [-0.25, -0.2) is 9.97 Å². The van der Waals surface area contributed by atoms with E-state index in [9.17, 15) is 9.59 Å². The minimum Gasteiger partial charge on any atom is -0.487 e. The Balaban J connectivity index is 1.34. The van der Waals surface area contributed by atoms with Crippen LogP contribution in [-0.2, 0) is 11.4 Å². The maximum atomic E-state index is 12.4. The molecule has 2 aromatic carbocycles. The number of rotatable bonds is 8. The molecule has 4 aromatic rings. The van der Waals surface area contributed by atoms with Crippen LogP contribution in [0.1, 0.15) is 26.6 Å². The van der Waals surface area contributed by atoms with Gasteiger partial charge in [0.05, 0.1) is 10.7 Å². The van der Waals surface area contributed by atoms with Gasteiger partial charge in [0.15, 0.2) is 0 Å². The first-order valence-corrected chi connectivity index (χ1v) is 11.4. The van der Waals surface area contributed by atoms with E-state index >= 15 is 0 Å². The van der Waals surface area contributed by atoms with Crippen LogP contribution in [-0.4, -0.2) is 21.8 Å². The van der Waals surface area contributed by atoms with E-state index in [4.69, 9.17) is 4.74 Å². The largest absolute Gasteiger partial charge is 0.487 e. The Bertz CT molecular complexity index is 1320. The average molecular weight is 471 g/mol. The van der Waals surface area contributed by atoms with Gasteiger partial charge in [0.25, 0.3) is 5.91 Å². The van der Waals surface area contributed by atoms with Crippen LogP contribution in [0.5, 0.6) is 5.75 Å². The van der Waals surface area contributed by atoms with Gasteiger partial charge in [-0.15, -0.1) is 11.3 Å². The second-order valence-corrected chi connectivity index (χ2v) is 8.35. The predicted octanol–water partition coefficient (Wildman–Crippen LogP) is 5.33. The van der Waals surface area contributed by atoms with Crippen molar-refractivity contribution in [1.29, 1.82) is 0 Å². The molecule has 2 N–H and O–H groups in total. The lowest BCUT2D eigenvalue weighted by Gasteiger charge is -2.07. The van der Waals surface area contributed by atoms with Crippen molar-refractivity contribution in [3.63, 3.8) is 0 Å². The third-order valence-corrected chi connectivity index (χ3v) is 5.46. The van der Waals surface area contributed by atoms with E-state index in [-0.39, 0.29) is 11.8 Å². The molecule has 2 amide bonds. The minimum absolute atomic E-state index is 0.310. The monoisotopic (exact) mass is 470 g/mol. The Morgan fingerprint density at radius 1 is 1.03 bits per heavy atom. The number of pyridine rings is 1. The number of anilines is 2. The predicted molar refractivity (Wildman–Crippen MR) is 134 cm³/mol. The zero-order valence-corrected chi connectivity index (χ0v) is 19.2. The Morgan fingerprint density at radius 3 is 2.71 bits per heavy atom. The molecule has 0 radical (unpaired) electrons. The van der Waals surface area contributed by atoms with Gasteiger partial charge in [-0.1, -0.05) is 24.3 Å². The van der Waals surface area contributed by atoms with Crippen LogP contribution in [0.3, 0.4) is 0 Å². The molecule has 0 aliphatic heterocycles. The highest BCUT2D eigenvalue weighted by atomic mass is 32.1. The summed E-state index contributed by atoms with van der Waals surface area (Å²) in [5.74, 6) is 0.527. The third kappa shape index (κ3) is 6.60. The highest BCUT2D eigenvalue weighted by molar-refractivity contribution is 7.09. The lowest BCUT2D eigenvalue weighted by molar-refractivity contribution is -0.111. The van der Waals surface area contributed by atoms with Crippen LogP contribution in [0.4, 0.5) is 11.5 Å². The van der Waals surface area contributed by atoms with Gasteiger partial charge in [0.2, 0.25) is 5.91 Å². The molecular formula is C26H22N4O3S. The number of aryl methyl sites for hydroxylation is 1. The van der Waals surface area contributed by atoms with E-state index in [0.717, 1.165) is 16.3 Å². The van der Waals surface area contributed by atoms with Crippen molar-refractivity contribution in [3.05, 3.63) is 106 Å². The fourth-order valence-corrected chi connectivity index (χ4v) is 3.66. The van der Waals surface area contributed by atoms with Gasteiger partial charge in [0.1, 0.15) is 18.2 Å². The maximum absolute atomic E-state index is 12.4. The zero-order valence-electron chi connectivity index (χ0n) is 18.4. The van der Waals surface area contributed by atoms with Gasteiger partial charge in [-0.05, 0) is 61.0 Å². The molecule has 8 heteroatoms. The third-order valence-electron chi connectivity index (χ3n) is 4.64. The first kappa shape index (κ1) is 22.9. The van der Waals surface area contributed by atoms with Crippen molar-refractivity contribution < 1.29 is 14.3 Å². The first-order valence-electron chi connectivity index (χ1n) is 10.5. The summed E-state index contributed by atoms with van der Waals surface area (Å²) in [6.45, 7) is 2.35. The molecule has 0 bridgehead atoms. The van der Waals surface area contributed by atoms with E-state index in [1.54, 1.807) is 66.1 Å². The number of nitrogens with one attached hydrogen (secondary N) is 2. The number of aromatic nitrogens is 2. The minimum atomic E-state index is -0.313. The Labute approximate surface area is 201 Å². The van der Waals surface area contributed by atoms with Gasteiger partial charge < -0.3 is 15.4 Å².